The molecule has 1 heterocycles. The number of ether oxygens (including phenoxy) is 1. The third-order valence-corrected chi connectivity index (χ3v) is 2.81. The van der Waals surface area contributed by atoms with Gasteiger partial charge in [-0.3, -0.25) is 9.79 Å². The molecule has 2 rings (SSSR count). The Kier molecular flexibility index (Phi) is 4.40. The highest BCUT2D eigenvalue weighted by Crippen LogP contribution is 2.16. The van der Waals surface area contributed by atoms with E-state index in [9.17, 15) is 4.79 Å². The van der Waals surface area contributed by atoms with Crippen molar-refractivity contribution in [1.29, 1.82) is 0 Å². The number of amides is 1. The van der Waals surface area contributed by atoms with Crippen LogP contribution in [0.3, 0.4) is 0 Å². The third-order valence-electron chi connectivity index (χ3n) is 2.81. The quantitative estimate of drug-likeness (QED) is 0.881. The van der Waals surface area contributed by atoms with E-state index in [1.54, 1.807) is 37.5 Å². The van der Waals surface area contributed by atoms with Gasteiger partial charge in [0.05, 0.1) is 13.7 Å². The number of amidine groups is 1. The maximum atomic E-state index is 12.1. The number of hydrogen-bond donors (Lipinski definition) is 2. The first-order chi connectivity index (χ1) is 9.58. The van der Waals surface area contributed by atoms with Gasteiger partial charge in [-0.05, 0) is 44.2 Å². The van der Waals surface area contributed by atoms with E-state index in [0.717, 1.165) is 17.3 Å². The Labute approximate surface area is 118 Å². The van der Waals surface area contributed by atoms with Crippen molar-refractivity contribution in [3.05, 3.63) is 35.9 Å². The second-order valence-electron chi connectivity index (χ2n) is 4.85. The van der Waals surface area contributed by atoms with E-state index in [1.807, 2.05) is 13.8 Å². The number of anilines is 1. The second-order valence-corrected chi connectivity index (χ2v) is 4.85. The molecule has 5 heteroatoms. The summed E-state index contributed by atoms with van der Waals surface area (Å²) in [5.41, 5.74) is 1.39. The Hall–Kier alpha value is -2.30. The molecule has 5 nitrogen and oxygen atoms in total. The summed E-state index contributed by atoms with van der Waals surface area (Å²) in [5.74, 6) is 1.40. The van der Waals surface area contributed by atoms with Gasteiger partial charge in [0.2, 0.25) is 0 Å². The molecular formula is C15H19N3O2. The maximum Gasteiger partial charge on any atom is 0.253 e. The summed E-state index contributed by atoms with van der Waals surface area (Å²) in [6.07, 6.45) is 1.79. The Morgan fingerprint density at radius 2 is 2.00 bits per heavy atom. The monoisotopic (exact) mass is 273 g/mol. The summed E-state index contributed by atoms with van der Waals surface area (Å²) >= 11 is 0. The molecule has 1 aliphatic heterocycles. The summed E-state index contributed by atoms with van der Waals surface area (Å²) in [6, 6.07) is 7.52. The number of methoxy groups -OCH3 is 1. The second kappa shape index (κ2) is 6.23. The first-order valence-electron chi connectivity index (χ1n) is 6.55. The lowest BCUT2D eigenvalue weighted by atomic mass is 10.2. The van der Waals surface area contributed by atoms with Crippen LogP contribution >= 0.6 is 0 Å². The van der Waals surface area contributed by atoms with Crippen LogP contribution in [-0.2, 0) is 4.79 Å². The van der Waals surface area contributed by atoms with Crippen molar-refractivity contribution in [3.63, 3.8) is 0 Å². The fourth-order valence-corrected chi connectivity index (χ4v) is 1.83. The topological polar surface area (TPSA) is 62.7 Å². The fourth-order valence-electron chi connectivity index (χ4n) is 1.83. The number of carbonyl (C=O) groups excluding carboxylic acids is 1. The van der Waals surface area contributed by atoms with Gasteiger partial charge in [-0.15, -0.1) is 0 Å². The molecule has 1 aliphatic rings. The van der Waals surface area contributed by atoms with E-state index in [-0.39, 0.29) is 5.91 Å². The molecule has 0 aromatic heterocycles. The Bertz CT molecular complexity index is 545. The van der Waals surface area contributed by atoms with Crippen molar-refractivity contribution in [1.82, 2.24) is 5.32 Å². The van der Waals surface area contributed by atoms with Crippen LogP contribution in [-0.4, -0.2) is 31.4 Å². The van der Waals surface area contributed by atoms with Gasteiger partial charge in [0.15, 0.2) is 0 Å². The summed E-state index contributed by atoms with van der Waals surface area (Å²) < 4.78 is 5.07. The van der Waals surface area contributed by atoms with Crippen LogP contribution < -0.4 is 15.4 Å². The van der Waals surface area contributed by atoms with Crippen molar-refractivity contribution in [2.75, 3.05) is 19.0 Å². The minimum absolute atomic E-state index is 0.125. The highest BCUT2D eigenvalue weighted by atomic mass is 16.5. The largest absolute Gasteiger partial charge is 0.497 e. The molecule has 20 heavy (non-hydrogen) atoms. The van der Waals surface area contributed by atoms with Gasteiger partial charge in [-0.2, -0.15) is 0 Å². The zero-order valence-electron chi connectivity index (χ0n) is 11.9. The van der Waals surface area contributed by atoms with E-state index in [4.69, 9.17) is 4.74 Å². The predicted octanol–water partition coefficient (Wildman–Crippen LogP) is 1.97. The van der Waals surface area contributed by atoms with Crippen LogP contribution in [0.1, 0.15) is 13.8 Å². The maximum absolute atomic E-state index is 12.1. The van der Waals surface area contributed by atoms with Gasteiger partial charge >= 0.3 is 0 Å². The average molecular weight is 273 g/mol. The molecule has 1 amide bonds. The highest BCUT2D eigenvalue weighted by Gasteiger charge is 2.16. The molecule has 0 spiro atoms. The van der Waals surface area contributed by atoms with Crippen molar-refractivity contribution < 1.29 is 9.53 Å². The van der Waals surface area contributed by atoms with Gasteiger partial charge in [-0.25, -0.2) is 0 Å². The van der Waals surface area contributed by atoms with Crippen LogP contribution in [0.25, 0.3) is 0 Å². The number of carbonyl (C=O) groups is 1. The molecule has 1 aromatic carbocycles. The zero-order chi connectivity index (χ0) is 14.5. The molecule has 0 bridgehead atoms. The lowest BCUT2D eigenvalue weighted by Crippen LogP contribution is -2.28. The molecular weight excluding hydrogens is 254 g/mol. The molecule has 0 saturated heterocycles. The number of nitrogens with one attached hydrogen (secondary N) is 2. The van der Waals surface area contributed by atoms with Crippen molar-refractivity contribution >= 4 is 17.4 Å². The summed E-state index contributed by atoms with van der Waals surface area (Å²) in [4.78, 5) is 16.4. The van der Waals surface area contributed by atoms with Gasteiger partial charge in [-0.1, -0.05) is 0 Å². The average Bonchev–Trinajstić information content (AvgIpc) is 2.87. The Morgan fingerprint density at radius 3 is 2.60 bits per heavy atom. The summed E-state index contributed by atoms with van der Waals surface area (Å²) in [5, 5.41) is 6.03. The van der Waals surface area contributed by atoms with Crippen molar-refractivity contribution in [3.8, 4) is 5.75 Å². The SMILES string of the molecule is COc1ccc(NC(=O)C2=CC(NC(C)C)=NC2)cc1. The molecule has 0 atom stereocenters. The highest BCUT2D eigenvalue weighted by molar-refractivity contribution is 6.11. The normalized spacial score (nSPS) is 13.8. The van der Waals surface area contributed by atoms with Gasteiger partial charge in [0.25, 0.3) is 5.91 Å². The van der Waals surface area contributed by atoms with E-state index >= 15 is 0 Å². The molecule has 0 aliphatic carbocycles. The molecule has 0 radical (unpaired) electrons. The molecule has 0 unspecified atom stereocenters. The van der Waals surface area contributed by atoms with Crippen LogP contribution in [0, 0.1) is 0 Å². The summed E-state index contributed by atoms with van der Waals surface area (Å²) in [6.45, 7) is 4.48. The van der Waals surface area contributed by atoms with Gasteiger partial charge in [0.1, 0.15) is 11.6 Å². The van der Waals surface area contributed by atoms with Gasteiger partial charge in [0, 0.05) is 17.3 Å². The fraction of sp³-hybridized carbons (Fsp3) is 0.333. The molecule has 0 saturated carbocycles. The number of nitrogens with zero attached hydrogens (tertiary/aromatic N) is 1. The number of benzene rings is 1. The lowest BCUT2D eigenvalue weighted by molar-refractivity contribution is -0.112. The Balaban J connectivity index is 1.95. The van der Waals surface area contributed by atoms with Crippen LogP contribution in [0.4, 0.5) is 5.69 Å². The minimum atomic E-state index is -0.125. The van der Waals surface area contributed by atoms with E-state index in [1.165, 1.54) is 0 Å². The number of rotatable bonds is 4. The predicted molar refractivity (Wildman–Crippen MR) is 80.3 cm³/mol. The molecule has 106 valence electrons. The first kappa shape index (κ1) is 14.1. The minimum Gasteiger partial charge on any atom is -0.497 e. The third kappa shape index (κ3) is 3.60. The Morgan fingerprint density at radius 1 is 1.30 bits per heavy atom. The van der Waals surface area contributed by atoms with Crippen LogP contribution in [0.2, 0.25) is 0 Å². The van der Waals surface area contributed by atoms with E-state index < -0.39 is 0 Å². The van der Waals surface area contributed by atoms with Crippen LogP contribution in [0.5, 0.6) is 5.75 Å². The van der Waals surface area contributed by atoms with E-state index in [2.05, 4.69) is 15.6 Å². The molecule has 1 aromatic rings. The van der Waals surface area contributed by atoms with Crippen molar-refractivity contribution in [2.45, 2.75) is 19.9 Å². The smallest absolute Gasteiger partial charge is 0.253 e. The lowest BCUT2D eigenvalue weighted by Gasteiger charge is -2.07. The zero-order valence-corrected chi connectivity index (χ0v) is 11.9. The number of hydrogen-bond acceptors (Lipinski definition) is 4. The molecule has 2 N–H and O–H groups in total. The molecule has 0 fully saturated rings. The standard InChI is InChI=1S/C15H19N3O2/c1-10(2)17-14-8-11(9-16-14)15(19)18-12-4-6-13(20-3)7-5-12/h4-8,10H,9H2,1-3H3,(H,16,17)(H,18,19). The van der Waals surface area contributed by atoms with Gasteiger partial charge < -0.3 is 15.4 Å². The van der Waals surface area contributed by atoms with Crippen LogP contribution in [0.15, 0.2) is 40.9 Å². The first-order valence-corrected chi connectivity index (χ1v) is 6.55. The number of aliphatic imine (C=N–C) groups is 1. The van der Waals surface area contributed by atoms with Crippen molar-refractivity contribution in [2.24, 2.45) is 4.99 Å². The van der Waals surface area contributed by atoms with E-state index in [0.29, 0.717) is 18.2 Å². The summed E-state index contributed by atoms with van der Waals surface area (Å²) in [7, 11) is 1.61.